The van der Waals surface area contributed by atoms with Crippen LogP contribution in [0.2, 0.25) is 0 Å². The molecule has 4 rings (SSSR count). The van der Waals surface area contributed by atoms with Crippen molar-refractivity contribution in [1.29, 1.82) is 0 Å². The smallest absolute Gasteiger partial charge is 0.368 e. The second kappa shape index (κ2) is 6.87. The molecule has 3 aliphatic rings. The summed E-state index contributed by atoms with van der Waals surface area (Å²) in [6.07, 6.45) is 3.90. The van der Waals surface area contributed by atoms with Crippen molar-refractivity contribution in [2.24, 2.45) is 5.92 Å². The average molecular weight is 382 g/mol. The number of anilines is 1. The predicted octanol–water partition coefficient (Wildman–Crippen LogP) is 4.21. The third-order valence-electron chi connectivity index (χ3n) is 5.86. The molecule has 0 bridgehead atoms. The fourth-order valence-electron chi connectivity index (χ4n) is 4.52. The minimum absolute atomic E-state index is 0.0427. The lowest BCUT2D eigenvalue weighted by Crippen LogP contribution is -2.38. The number of carbonyl (C=O) groups is 1. The maximum absolute atomic E-state index is 13.5. The molecule has 2 aliphatic heterocycles. The second-order valence-corrected chi connectivity index (χ2v) is 7.95. The van der Waals surface area contributed by atoms with E-state index in [9.17, 15) is 18.0 Å². The standard InChI is InChI=1S/C19H25F3N4O/c1-12-9-16(19(20,21)22)26-17(23-12)11-14(24-26)15-7-4-8-25(15)18(27)10-13-5-2-3-6-13/h2,5,11-13,15-16,23H,3-4,6-10H2,1H3/t12-,13?,15?,16-/m1/s1. The van der Waals surface area contributed by atoms with Crippen LogP contribution in [0.5, 0.6) is 0 Å². The molecule has 1 fully saturated rings. The van der Waals surface area contributed by atoms with Crippen molar-refractivity contribution in [2.45, 2.75) is 69.8 Å². The normalized spacial score (nSPS) is 30.4. The number of carbonyl (C=O) groups excluding carboxylic acids is 1. The number of halogens is 3. The third-order valence-corrected chi connectivity index (χ3v) is 5.86. The van der Waals surface area contributed by atoms with Crippen LogP contribution in [-0.2, 0) is 4.79 Å². The van der Waals surface area contributed by atoms with Gasteiger partial charge >= 0.3 is 6.18 Å². The number of aromatic nitrogens is 2. The number of allylic oxidation sites excluding steroid dienone is 2. The third kappa shape index (κ3) is 3.58. The first-order valence-corrected chi connectivity index (χ1v) is 9.71. The van der Waals surface area contributed by atoms with E-state index in [-0.39, 0.29) is 30.3 Å². The summed E-state index contributed by atoms with van der Waals surface area (Å²) >= 11 is 0. The van der Waals surface area contributed by atoms with Gasteiger partial charge in [-0.1, -0.05) is 12.2 Å². The van der Waals surface area contributed by atoms with E-state index < -0.39 is 12.2 Å². The van der Waals surface area contributed by atoms with Gasteiger partial charge in [-0.25, -0.2) is 4.68 Å². The number of alkyl halides is 3. The summed E-state index contributed by atoms with van der Waals surface area (Å²) in [6.45, 7) is 2.39. The van der Waals surface area contributed by atoms with E-state index in [0.717, 1.165) is 30.4 Å². The first kappa shape index (κ1) is 18.4. The fraction of sp³-hybridized carbons (Fsp3) is 0.684. The van der Waals surface area contributed by atoms with E-state index in [4.69, 9.17) is 0 Å². The average Bonchev–Trinajstić information content (AvgIpc) is 3.32. The predicted molar refractivity (Wildman–Crippen MR) is 95.2 cm³/mol. The van der Waals surface area contributed by atoms with Crippen LogP contribution in [0.4, 0.5) is 19.0 Å². The van der Waals surface area contributed by atoms with Gasteiger partial charge in [-0.3, -0.25) is 4.79 Å². The molecule has 1 saturated heterocycles. The molecule has 2 unspecified atom stereocenters. The summed E-state index contributed by atoms with van der Waals surface area (Å²) in [4.78, 5) is 14.6. The van der Waals surface area contributed by atoms with Crippen LogP contribution in [0.3, 0.4) is 0 Å². The van der Waals surface area contributed by atoms with Crippen LogP contribution in [0.1, 0.15) is 63.2 Å². The molecular weight excluding hydrogens is 357 g/mol. The van der Waals surface area contributed by atoms with Crippen LogP contribution in [0, 0.1) is 5.92 Å². The number of hydrogen-bond donors (Lipinski definition) is 1. The zero-order valence-corrected chi connectivity index (χ0v) is 15.4. The molecule has 8 heteroatoms. The molecule has 1 aromatic heterocycles. The summed E-state index contributed by atoms with van der Waals surface area (Å²) in [6, 6.07) is -0.428. The van der Waals surface area contributed by atoms with Gasteiger partial charge in [0.1, 0.15) is 5.82 Å². The number of fused-ring (bicyclic) bond motifs is 1. The minimum atomic E-state index is -4.34. The second-order valence-electron chi connectivity index (χ2n) is 7.95. The van der Waals surface area contributed by atoms with Crippen LogP contribution < -0.4 is 5.32 Å². The lowest BCUT2D eigenvalue weighted by Gasteiger charge is -2.31. The molecule has 1 aromatic rings. The van der Waals surface area contributed by atoms with E-state index in [1.807, 2.05) is 4.90 Å². The zero-order chi connectivity index (χ0) is 19.2. The molecule has 1 aliphatic carbocycles. The topological polar surface area (TPSA) is 50.2 Å². The van der Waals surface area contributed by atoms with Crippen LogP contribution in [-0.4, -0.2) is 39.4 Å². The Hall–Kier alpha value is -1.99. The molecule has 0 saturated carbocycles. The number of hydrogen-bond acceptors (Lipinski definition) is 3. The maximum Gasteiger partial charge on any atom is 0.410 e. The molecule has 4 atom stereocenters. The number of likely N-dealkylation sites (tertiary alicyclic amines) is 1. The monoisotopic (exact) mass is 382 g/mol. The quantitative estimate of drug-likeness (QED) is 0.797. The van der Waals surface area contributed by atoms with Crippen molar-refractivity contribution < 1.29 is 18.0 Å². The van der Waals surface area contributed by atoms with Gasteiger partial charge in [0, 0.05) is 25.1 Å². The van der Waals surface area contributed by atoms with E-state index in [1.165, 1.54) is 0 Å². The number of rotatable bonds is 3. The largest absolute Gasteiger partial charge is 0.410 e. The molecule has 0 spiro atoms. The van der Waals surface area contributed by atoms with Crippen molar-refractivity contribution in [2.75, 3.05) is 11.9 Å². The van der Waals surface area contributed by atoms with Crippen molar-refractivity contribution in [3.8, 4) is 0 Å². The molecule has 27 heavy (non-hydrogen) atoms. The van der Waals surface area contributed by atoms with E-state index in [0.29, 0.717) is 24.5 Å². The molecule has 0 radical (unpaired) electrons. The molecule has 0 aromatic carbocycles. The Labute approximate surface area is 156 Å². The van der Waals surface area contributed by atoms with Crippen molar-refractivity contribution in [3.05, 3.63) is 23.9 Å². The summed E-state index contributed by atoms with van der Waals surface area (Å²) in [5.41, 5.74) is 0.564. The zero-order valence-electron chi connectivity index (χ0n) is 15.4. The lowest BCUT2D eigenvalue weighted by molar-refractivity contribution is -0.173. The highest BCUT2D eigenvalue weighted by atomic mass is 19.4. The van der Waals surface area contributed by atoms with Crippen LogP contribution in [0.25, 0.3) is 0 Å². The Morgan fingerprint density at radius 2 is 2.19 bits per heavy atom. The molecule has 3 heterocycles. The van der Waals surface area contributed by atoms with Gasteiger partial charge in [-0.05, 0) is 44.9 Å². The Morgan fingerprint density at radius 3 is 2.89 bits per heavy atom. The molecule has 148 valence electrons. The van der Waals surface area contributed by atoms with Gasteiger partial charge in [0.2, 0.25) is 5.91 Å². The minimum Gasteiger partial charge on any atom is -0.368 e. The SMILES string of the molecule is C[C@@H]1C[C@H](C(F)(F)F)n2nc(C3CCCN3C(=O)CC3C=CCC3)cc2N1. The number of nitrogens with one attached hydrogen (secondary N) is 1. The van der Waals surface area contributed by atoms with Crippen LogP contribution in [0.15, 0.2) is 18.2 Å². The highest BCUT2D eigenvalue weighted by Crippen LogP contribution is 2.41. The van der Waals surface area contributed by atoms with E-state index >= 15 is 0 Å². The van der Waals surface area contributed by atoms with E-state index in [1.54, 1.807) is 13.0 Å². The molecule has 1 N–H and O–H groups in total. The summed E-state index contributed by atoms with van der Waals surface area (Å²) in [5.74, 6) is 0.754. The Balaban J connectivity index is 1.56. The molecule has 5 nitrogen and oxygen atoms in total. The fourth-order valence-corrected chi connectivity index (χ4v) is 4.52. The Kier molecular flexibility index (Phi) is 4.68. The Bertz CT molecular complexity index is 742. The highest BCUT2D eigenvalue weighted by Gasteiger charge is 2.46. The lowest BCUT2D eigenvalue weighted by atomic mass is 10.0. The van der Waals surface area contributed by atoms with Gasteiger partial charge in [0.05, 0.1) is 11.7 Å². The number of nitrogens with zero attached hydrogens (tertiary/aromatic N) is 3. The molecular formula is C19H25F3N4O. The van der Waals surface area contributed by atoms with Crippen molar-refractivity contribution in [3.63, 3.8) is 0 Å². The summed E-state index contributed by atoms with van der Waals surface area (Å²) in [7, 11) is 0. The summed E-state index contributed by atoms with van der Waals surface area (Å²) < 4.78 is 41.4. The Morgan fingerprint density at radius 1 is 1.37 bits per heavy atom. The van der Waals surface area contributed by atoms with Crippen molar-refractivity contribution in [1.82, 2.24) is 14.7 Å². The van der Waals surface area contributed by atoms with Gasteiger partial charge in [0.15, 0.2) is 6.04 Å². The van der Waals surface area contributed by atoms with Gasteiger partial charge in [-0.2, -0.15) is 18.3 Å². The first-order valence-electron chi connectivity index (χ1n) is 9.71. The number of amides is 1. The van der Waals surface area contributed by atoms with Gasteiger partial charge in [-0.15, -0.1) is 0 Å². The maximum atomic E-state index is 13.5. The van der Waals surface area contributed by atoms with Crippen molar-refractivity contribution >= 4 is 11.7 Å². The van der Waals surface area contributed by atoms with Crippen LogP contribution >= 0.6 is 0 Å². The molecule has 1 amide bonds. The highest BCUT2D eigenvalue weighted by molar-refractivity contribution is 5.77. The van der Waals surface area contributed by atoms with Gasteiger partial charge in [0.25, 0.3) is 0 Å². The summed E-state index contributed by atoms with van der Waals surface area (Å²) in [5, 5.41) is 7.40. The first-order chi connectivity index (χ1) is 12.8. The van der Waals surface area contributed by atoms with Gasteiger partial charge < -0.3 is 10.2 Å². The van der Waals surface area contributed by atoms with E-state index in [2.05, 4.69) is 22.6 Å².